The first-order valence-electron chi connectivity index (χ1n) is 35.0. The molecular formula is C76H102N8O4. The van der Waals surface area contributed by atoms with Gasteiger partial charge in [-0.25, -0.2) is 29.9 Å². The molecule has 88 heavy (non-hydrogen) atoms. The number of hydrogen-bond acceptors (Lipinski definition) is 8. The Morgan fingerprint density at radius 1 is 0.284 bits per heavy atom. The molecule has 0 aliphatic carbocycles. The second kappa shape index (κ2) is 33.1. The molecule has 0 unspecified atom stereocenters. The fourth-order valence-corrected chi connectivity index (χ4v) is 13.8. The van der Waals surface area contributed by atoms with E-state index in [4.69, 9.17) is 29.9 Å². The smallest absolute Gasteiger partial charge is 0.303 e. The summed E-state index contributed by atoms with van der Waals surface area (Å²) in [5.74, 6) is 0.698. The Morgan fingerprint density at radius 2 is 0.489 bits per heavy atom. The summed E-state index contributed by atoms with van der Waals surface area (Å²) in [7, 11) is 0. The Bertz CT molecular complexity index is 3440. The van der Waals surface area contributed by atoms with Crippen molar-refractivity contribution < 1.29 is 19.8 Å². The van der Waals surface area contributed by atoms with Crippen LogP contribution < -0.4 is 0 Å². The largest absolute Gasteiger partial charge is 0.481 e. The van der Waals surface area contributed by atoms with E-state index in [-0.39, 0.29) is 12.8 Å². The van der Waals surface area contributed by atoms with Crippen LogP contribution >= 0.6 is 0 Å². The summed E-state index contributed by atoms with van der Waals surface area (Å²) >= 11 is 0. The standard InChI is InChI=1S/C76H102N8O4/c1-7-13-19-25-33-51-43-44-52(34-26-20-14-8-2)62-61(51)69-77-70(62)79-72-64-54(36-28-22-16-10-4)46-48-56(38-30-24-18-12-6)66(64)74(81-72)83-76-68-58(40-32-42-60(87)88)50-49-57(39-31-41-59(85)86)67(68)75(84-76)82-73-65-55(37-29-23-17-11-5)47-45-53(35-27-21-15-9-3)63(65)71(78-69)80-73/h43-50H,7-42H2,1-6H3,(H,85,86)(H,87,88)(H2,77,78,79,80,81,82,83,84). The predicted molar refractivity (Wildman–Crippen MR) is 364 cm³/mol. The van der Waals surface area contributed by atoms with E-state index in [1.165, 1.54) is 84.7 Å². The van der Waals surface area contributed by atoms with Crippen LogP contribution in [-0.2, 0) is 61.0 Å². The molecule has 9 rings (SSSR count). The summed E-state index contributed by atoms with van der Waals surface area (Å²) in [6.45, 7) is 13.6. The summed E-state index contributed by atoms with van der Waals surface area (Å²) in [5, 5.41) is 24.3. The topological polar surface area (TPSA) is 184 Å². The van der Waals surface area contributed by atoms with Crippen molar-refractivity contribution in [1.29, 1.82) is 0 Å². The number of nitrogens with zero attached hydrogens (tertiary/aromatic N) is 6. The first-order valence-corrected chi connectivity index (χ1v) is 35.0. The zero-order valence-corrected chi connectivity index (χ0v) is 54.5. The number of benzene rings is 4. The lowest BCUT2D eigenvalue weighted by atomic mass is 9.91. The van der Waals surface area contributed by atoms with Gasteiger partial charge in [-0.2, -0.15) is 0 Å². The van der Waals surface area contributed by atoms with E-state index in [0.29, 0.717) is 60.3 Å². The summed E-state index contributed by atoms with van der Waals surface area (Å²) < 4.78 is 0. The van der Waals surface area contributed by atoms with Crippen LogP contribution in [0.3, 0.4) is 0 Å². The van der Waals surface area contributed by atoms with Crippen molar-refractivity contribution in [3.63, 3.8) is 0 Å². The second-order valence-electron chi connectivity index (χ2n) is 25.5. The van der Waals surface area contributed by atoms with Crippen molar-refractivity contribution in [2.75, 3.05) is 0 Å². The number of carboxylic acids is 2. The molecule has 0 saturated carbocycles. The Kier molecular flexibility index (Phi) is 24.7. The van der Waals surface area contributed by atoms with Crippen LogP contribution in [0.5, 0.6) is 0 Å². The molecule has 0 fully saturated rings. The van der Waals surface area contributed by atoms with E-state index in [2.05, 4.69) is 100 Å². The maximum Gasteiger partial charge on any atom is 0.303 e. The molecule has 5 heterocycles. The number of unbranched alkanes of at least 4 members (excludes halogenated alkanes) is 18. The number of aromatic amines is 2. The summed E-state index contributed by atoms with van der Waals surface area (Å²) in [4.78, 5) is 67.0. The number of rotatable bonds is 38. The van der Waals surface area contributed by atoms with E-state index < -0.39 is 11.9 Å². The molecule has 7 aromatic rings. The lowest BCUT2D eigenvalue weighted by Gasteiger charge is -2.13. The molecule has 470 valence electrons. The van der Waals surface area contributed by atoms with Gasteiger partial charge in [-0.05, 0) is 147 Å². The van der Waals surface area contributed by atoms with Crippen LogP contribution in [0, 0.1) is 0 Å². The van der Waals surface area contributed by atoms with Crippen molar-refractivity contribution >= 4 is 56.1 Å². The SMILES string of the molecule is CCCCCCc1ccc(CCCCCC)c2c1-c1nc-2nc2[nH]c(nc3nc(nc4[nH]c(n1)c1c(CCCCCC)ccc(CCCCCC)c41)-c1c(CCCC(=O)O)ccc(CCCC(=O)O)c1-3)c1c(CCCCCC)ccc(CCCCCC)c21. The van der Waals surface area contributed by atoms with Gasteiger partial charge in [0.15, 0.2) is 23.3 Å². The van der Waals surface area contributed by atoms with Gasteiger partial charge in [-0.15, -0.1) is 0 Å². The van der Waals surface area contributed by atoms with Gasteiger partial charge >= 0.3 is 11.9 Å². The molecule has 2 aliphatic heterocycles. The third-order valence-corrected chi connectivity index (χ3v) is 18.6. The maximum atomic E-state index is 12.2. The van der Waals surface area contributed by atoms with Crippen LogP contribution in [-0.4, -0.2) is 62.0 Å². The minimum Gasteiger partial charge on any atom is -0.481 e. The van der Waals surface area contributed by atoms with Gasteiger partial charge < -0.3 is 20.2 Å². The lowest BCUT2D eigenvalue weighted by Crippen LogP contribution is -2.01. The minimum atomic E-state index is -0.841. The first kappa shape index (κ1) is 65.6. The molecule has 4 N–H and O–H groups in total. The number of carbonyl (C=O) groups is 2. The van der Waals surface area contributed by atoms with E-state index in [1.807, 2.05) is 0 Å². The number of aliphatic carboxylic acids is 2. The third-order valence-electron chi connectivity index (χ3n) is 18.6. The maximum absolute atomic E-state index is 12.2. The molecule has 0 spiro atoms. The molecule has 3 aromatic heterocycles. The van der Waals surface area contributed by atoms with Crippen molar-refractivity contribution in [3.8, 4) is 45.6 Å². The van der Waals surface area contributed by atoms with Crippen molar-refractivity contribution in [2.24, 2.45) is 0 Å². The second-order valence-corrected chi connectivity index (χ2v) is 25.5. The van der Waals surface area contributed by atoms with Crippen LogP contribution in [0.1, 0.15) is 266 Å². The minimum absolute atomic E-state index is 0.0175. The van der Waals surface area contributed by atoms with Crippen molar-refractivity contribution in [2.45, 2.75) is 273 Å². The van der Waals surface area contributed by atoms with E-state index >= 15 is 0 Å². The molecule has 4 aromatic carbocycles. The summed E-state index contributed by atoms with van der Waals surface area (Å²) in [6, 6.07) is 18.3. The van der Waals surface area contributed by atoms with Crippen molar-refractivity contribution in [3.05, 3.63) is 93.0 Å². The molecule has 0 amide bonds. The molecule has 0 radical (unpaired) electrons. The zero-order valence-electron chi connectivity index (χ0n) is 54.5. The molecule has 2 aliphatic rings. The highest BCUT2D eigenvalue weighted by Crippen LogP contribution is 2.45. The zero-order chi connectivity index (χ0) is 61.8. The summed E-state index contributed by atoms with van der Waals surface area (Å²) in [6.07, 6.45) is 34.4. The number of carboxylic acid groups (broad SMARTS) is 2. The van der Waals surface area contributed by atoms with Crippen molar-refractivity contribution in [1.82, 2.24) is 39.9 Å². The molecule has 8 bridgehead atoms. The number of aryl methyl sites for hydroxylation is 8. The average molecular weight is 1190 g/mol. The Morgan fingerprint density at radius 3 is 0.705 bits per heavy atom. The third kappa shape index (κ3) is 16.1. The first-order chi connectivity index (χ1) is 43.1. The van der Waals surface area contributed by atoms with Crippen LogP contribution in [0.4, 0.5) is 0 Å². The summed E-state index contributed by atoms with van der Waals surface area (Å²) in [5.41, 5.74) is 16.0. The van der Waals surface area contributed by atoms with Gasteiger partial charge in [0.25, 0.3) is 0 Å². The molecular weight excluding hydrogens is 1090 g/mol. The van der Waals surface area contributed by atoms with Gasteiger partial charge in [-0.1, -0.05) is 206 Å². The number of aromatic nitrogens is 8. The highest BCUT2D eigenvalue weighted by atomic mass is 16.4. The van der Waals surface area contributed by atoms with Gasteiger partial charge in [0.05, 0.1) is 0 Å². The van der Waals surface area contributed by atoms with E-state index in [9.17, 15) is 19.8 Å². The van der Waals surface area contributed by atoms with Gasteiger partial charge in [0.1, 0.15) is 22.6 Å². The number of fused-ring (bicyclic) bond motifs is 20. The normalized spacial score (nSPS) is 12.0. The Labute approximate surface area is 524 Å². The monoisotopic (exact) mass is 1190 g/mol. The molecule has 12 heteroatoms. The van der Waals surface area contributed by atoms with E-state index in [1.54, 1.807) is 0 Å². The van der Waals surface area contributed by atoms with Gasteiger partial charge in [0, 0.05) is 56.6 Å². The predicted octanol–water partition coefficient (Wildman–Crippen LogP) is 20.4. The molecule has 0 saturated heterocycles. The fraction of sp³-hybridized carbons (Fsp3) is 0.553. The van der Waals surface area contributed by atoms with Crippen LogP contribution in [0.2, 0.25) is 0 Å². The Hall–Kier alpha value is -6.82. The lowest BCUT2D eigenvalue weighted by molar-refractivity contribution is -0.138. The molecule has 12 nitrogen and oxygen atoms in total. The molecule has 0 atom stereocenters. The van der Waals surface area contributed by atoms with Crippen LogP contribution in [0.25, 0.3) is 89.7 Å². The number of H-pyrrole nitrogens is 2. The number of hydrogen-bond donors (Lipinski definition) is 4. The highest BCUT2D eigenvalue weighted by Gasteiger charge is 2.30. The van der Waals surface area contributed by atoms with Crippen LogP contribution in [0.15, 0.2) is 48.5 Å². The van der Waals surface area contributed by atoms with Gasteiger partial charge in [0.2, 0.25) is 0 Å². The average Bonchev–Trinajstić information content (AvgIpc) is 1.96. The highest BCUT2D eigenvalue weighted by molar-refractivity contribution is 6.10. The fourth-order valence-electron chi connectivity index (χ4n) is 13.8. The van der Waals surface area contributed by atoms with Gasteiger partial charge in [-0.3, -0.25) is 9.59 Å². The van der Waals surface area contributed by atoms with E-state index in [0.717, 1.165) is 207 Å². The Balaban J connectivity index is 1.49. The number of nitrogens with one attached hydrogen (secondary N) is 2. The quantitative estimate of drug-likeness (QED) is 0.0272.